The lowest BCUT2D eigenvalue weighted by atomic mass is 9.99. The van der Waals surface area contributed by atoms with Gasteiger partial charge >= 0.3 is 12.1 Å². The SMILES string of the molecule is CC(C)C[C@H]1CN(Cc2ccccc2C(=O)O)CCN1C(=O)OC(C)(C)C. The highest BCUT2D eigenvalue weighted by molar-refractivity contribution is 5.89. The minimum Gasteiger partial charge on any atom is -0.478 e. The van der Waals surface area contributed by atoms with Gasteiger partial charge in [-0.25, -0.2) is 9.59 Å². The van der Waals surface area contributed by atoms with Gasteiger partial charge in [0, 0.05) is 32.2 Å². The largest absolute Gasteiger partial charge is 0.478 e. The monoisotopic (exact) mass is 376 g/mol. The normalized spacial score (nSPS) is 18.6. The highest BCUT2D eigenvalue weighted by atomic mass is 16.6. The van der Waals surface area contributed by atoms with E-state index in [0.717, 1.165) is 12.0 Å². The van der Waals surface area contributed by atoms with Crippen LogP contribution in [0.25, 0.3) is 0 Å². The minimum atomic E-state index is -0.906. The van der Waals surface area contributed by atoms with E-state index in [-0.39, 0.29) is 12.1 Å². The molecule has 27 heavy (non-hydrogen) atoms. The summed E-state index contributed by atoms with van der Waals surface area (Å²) in [4.78, 5) is 28.2. The van der Waals surface area contributed by atoms with Crippen LogP contribution in [0.1, 0.15) is 57.0 Å². The van der Waals surface area contributed by atoms with E-state index in [2.05, 4.69) is 18.7 Å². The number of ether oxygens (including phenoxy) is 1. The molecule has 1 aromatic rings. The third-order valence-corrected chi connectivity index (χ3v) is 4.58. The summed E-state index contributed by atoms with van der Waals surface area (Å²) in [5.74, 6) is -0.456. The molecule has 1 aliphatic heterocycles. The molecule has 1 amide bonds. The number of carboxylic acids is 1. The third-order valence-electron chi connectivity index (χ3n) is 4.58. The van der Waals surface area contributed by atoms with Gasteiger partial charge in [-0.1, -0.05) is 32.0 Å². The van der Waals surface area contributed by atoms with Gasteiger partial charge in [0.1, 0.15) is 5.60 Å². The summed E-state index contributed by atoms with van der Waals surface area (Å²) in [6.07, 6.45) is 0.620. The molecule has 6 heteroatoms. The maximum Gasteiger partial charge on any atom is 0.410 e. The zero-order valence-electron chi connectivity index (χ0n) is 17.1. The second kappa shape index (κ2) is 8.74. The summed E-state index contributed by atoms with van der Waals surface area (Å²) in [7, 11) is 0. The maximum absolute atomic E-state index is 12.6. The predicted octanol–water partition coefficient (Wildman–Crippen LogP) is 3.85. The molecule has 1 fully saturated rings. The topological polar surface area (TPSA) is 70.1 Å². The molecule has 0 spiro atoms. The summed E-state index contributed by atoms with van der Waals surface area (Å²) < 4.78 is 5.58. The van der Waals surface area contributed by atoms with Crippen LogP contribution < -0.4 is 0 Å². The molecular formula is C21H32N2O4. The first kappa shape index (κ1) is 21.2. The Morgan fingerprint density at radius 1 is 1.22 bits per heavy atom. The Morgan fingerprint density at radius 3 is 2.48 bits per heavy atom. The van der Waals surface area contributed by atoms with Crippen molar-refractivity contribution in [3.63, 3.8) is 0 Å². The Kier molecular flexibility index (Phi) is 6.87. The van der Waals surface area contributed by atoms with Crippen molar-refractivity contribution in [3.05, 3.63) is 35.4 Å². The molecule has 0 aromatic heterocycles. The molecule has 0 bridgehead atoms. The number of rotatable bonds is 5. The van der Waals surface area contributed by atoms with Gasteiger partial charge in [0.15, 0.2) is 0 Å². The van der Waals surface area contributed by atoms with Gasteiger partial charge in [0.05, 0.1) is 5.56 Å². The van der Waals surface area contributed by atoms with Crippen molar-refractivity contribution in [1.29, 1.82) is 0 Å². The number of nitrogens with zero attached hydrogens (tertiary/aromatic N) is 2. The first-order valence-electron chi connectivity index (χ1n) is 9.60. The summed E-state index contributed by atoms with van der Waals surface area (Å²) in [6.45, 7) is 12.5. The van der Waals surface area contributed by atoms with Crippen molar-refractivity contribution in [2.75, 3.05) is 19.6 Å². The van der Waals surface area contributed by atoms with Crippen LogP contribution in [0.15, 0.2) is 24.3 Å². The molecule has 0 aliphatic carbocycles. The fourth-order valence-electron chi connectivity index (χ4n) is 3.48. The summed E-state index contributed by atoms with van der Waals surface area (Å²) >= 11 is 0. The molecule has 1 aliphatic rings. The van der Waals surface area contributed by atoms with E-state index >= 15 is 0 Å². The molecule has 6 nitrogen and oxygen atoms in total. The maximum atomic E-state index is 12.6. The van der Waals surface area contributed by atoms with Gasteiger partial charge in [0.25, 0.3) is 0 Å². The van der Waals surface area contributed by atoms with Crippen LogP contribution in [0.2, 0.25) is 0 Å². The minimum absolute atomic E-state index is 0.0607. The van der Waals surface area contributed by atoms with E-state index in [0.29, 0.717) is 37.7 Å². The number of amides is 1. The highest BCUT2D eigenvalue weighted by Crippen LogP contribution is 2.22. The van der Waals surface area contributed by atoms with Gasteiger partial charge in [-0.2, -0.15) is 0 Å². The number of aromatic carboxylic acids is 1. The van der Waals surface area contributed by atoms with E-state index in [1.54, 1.807) is 12.1 Å². The second-order valence-electron chi connectivity index (χ2n) is 8.65. The molecule has 1 heterocycles. The zero-order chi connectivity index (χ0) is 20.2. The molecule has 0 saturated carbocycles. The van der Waals surface area contributed by atoms with Crippen LogP contribution in [0.3, 0.4) is 0 Å². The van der Waals surface area contributed by atoms with Gasteiger partial charge in [0.2, 0.25) is 0 Å². The summed E-state index contributed by atoms with van der Waals surface area (Å²) in [6, 6.07) is 7.17. The van der Waals surface area contributed by atoms with Crippen molar-refractivity contribution in [3.8, 4) is 0 Å². The molecule has 1 aromatic carbocycles. The lowest BCUT2D eigenvalue weighted by Crippen LogP contribution is -2.56. The van der Waals surface area contributed by atoms with Crippen LogP contribution in [-0.2, 0) is 11.3 Å². The predicted molar refractivity (Wildman–Crippen MR) is 105 cm³/mol. The summed E-state index contributed by atoms with van der Waals surface area (Å²) in [5, 5.41) is 9.40. The van der Waals surface area contributed by atoms with Crippen LogP contribution in [0.4, 0.5) is 4.79 Å². The number of piperazine rings is 1. The molecule has 0 radical (unpaired) electrons. The Labute approximate surface area is 162 Å². The van der Waals surface area contributed by atoms with Gasteiger partial charge < -0.3 is 14.7 Å². The molecule has 1 N–H and O–H groups in total. The van der Waals surface area contributed by atoms with Gasteiger partial charge in [-0.05, 0) is 44.7 Å². The molecule has 1 atom stereocenters. The van der Waals surface area contributed by atoms with Crippen LogP contribution >= 0.6 is 0 Å². The van der Waals surface area contributed by atoms with E-state index < -0.39 is 11.6 Å². The number of carboxylic acid groups (broad SMARTS) is 1. The van der Waals surface area contributed by atoms with Crippen molar-refractivity contribution in [1.82, 2.24) is 9.80 Å². The lowest BCUT2D eigenvalue weighted by molar-refractivity contribution is -0.00565. The first-order chi connectivity index (χ1) is 12.6. The van der Waals surface area contributed by atoms with Crippen LogP contribution in [0.5, 0.6) is 0 Å². The third kappa shape index (κ3) is 6.24. The fourth-order valence-corrected chi connectivity index (χ4v) is 3.48. The number of hydrogen-bond acceptors (Lipinski definition) is 4. The van der Waals surface area contributed by atoms with E-state index in [1.165, 1.54) is 0 Å². The average Bonchev–Trinajstić information content (AvgIpc) is 2.53. The molecule has 2 rings (SSSR count). The number of carbonyl (C=O) groups is 2. The molecule has 0 unspecified atom stereocenters. The van der Waals surface area contributed by atoms with Gasteiger partial charge in [-0.15, -0.1) is 0 Å². The average molecular weight is 376 g/mol. The summed E-state index contributed by atoms with van der Waals surface area (Å²) in [5.41, 5.74) is 0.628. The molecule has 1 saturated heterocycles. The number of hydrogen-bond donors (Lipinski definition) is 1. The van der Waals surface area contributed by atoms with Crippen molar-refractivity contribution < 1.29 is 19.4 Å². The Balaban J connectivity index is 2.11. The van der Waals surface area contributed by atoms with Crippen molar-refractivity contribution in [2.45, 2.75) is 59.2 Å². The van der Waals surface area contributed by atoms with Gasteiger partial charge in [-0.3, -0.25) is 4.90 Å². The standard InChI is InChI=1S/C21H32N2O4/c1-15(2)12-17-14-22(10-11-23(17)20(26)27-21(3,4)5)13-16-8-6-7-9-18(16)19(24)25/h6-9,15,17H,10-14H2,1-5H3,(H,24,25)/t17-/m0/s1. The zero-order valence-corrected chi connectivity index (χ0v) is 17.1. The second-order valence-corrected chi connectivity index (χ2v) is 8.65. The van der Waals surface area contributed by atoms with E-state index in [9.17, 15) is 14.7 Å². The highest BCUT2D eigenvalue weighted by Gasteiger charge is 2.33. The Hall–Kier alpha value is -2.08. The number of carbonyl (C=O) groups excluding carboxylic acids is 1. The van der Waals surface area contributed by atoms with Crippen LogP contribution in [0, 0.1) is 5.92 Å². The van der Waals surface area contributed by atoms with E-state index in [4.69, 9.17) is 4.74 Å². The lowest BCUT2D eigenvalue weighted by Gasteiger charge is -2.42. The van der Waals surface area contributed by atoms with Crippen molar-refractivity contribution in [2.24, 2.45) is 5.92 Å². The smallest absolute Gasteiger partial charge is 0.410 e. The van der Waals surface area contributed by atoms with E-state index in [1.807, 2.05) is 37.8 Å². The Bertz CT molecular complexity index is 666. The quantitative estimate of drug-likeness (QED) is 0.845. The number of benzene rings is 1. The molecular weight excluding hydrogens is 344 g/mol. The van der Waals surface area contributed by atoms with Crippen molar-refractivity contribution >= 4 is 12.1 Å². The fraction of sp³-hybridized carbons (Fsp3) is 0.619. The Morgan fingerprint density at radius 2 is 1.89 bits per heavy atom. The van der Waals surface area contributed by atoms with Crippen LogP contribution in [-0.4, -0.2) is 58.2 Å². The molecule has 150 valence electrons. The first-order valence-corrected chi connectivity index (χ1v) is 9.60.